The zero-order valence-corrected chi connectivity index (χ0v) is 14.5. The van der Waals surface area contributed by atoms with E-state index >= 15 is 0 Å². The van der Waals surface area contributed by atoms with E-state index in [4.69, 9.17) is 0 Å². The number of phenols is 1. The zero-order chi connectivity index (χ0) is 18.4. The van der Waals surface area contributed by atoms with Gasteiger partial charge in [0.15, 0.2) is 0 Å². The number of para-hydroxylation sites is 1. The van der Waals surface area contributed by atoms with E-state index in [9.17, 15) is 14.7 Å². The Morgan fingerprint density at radius 3 is 2.32 bits per heavy atom. The van der Waals surface area contributed by atoms with Crippen molar-refractivity contribution in [2.24, 2.45) is 5.10 Å². The van der Waals surface area contributed by atoms with Crippen LogP contribution in [-0.2, 0) is 9.59 Å². The zero-order valence-electron chi connectivity index (χ0n) is 14.5. The molecule has 0 unspecified atom stereocenters. The van der Waals surface area contributed by atoms with Crippen LogP contribution in [0.25, 0.3) is 0 Å². The van der Waals surface area contributed by atoms with Crippen LogP contribution in [0, 0.1) is 20.8 Å². The summed E-state index contributed by atoms with van der Waals surface area (Å²) in [6.45, 7) is 5.45. The van der Waals surface area contributed by atoms with Crippen molar-refractivity contribution in [1.82, 2.24) is 5.43 Å². The Morgan fingerprint density at radius 2 is 1.68 bits per heavy atom. The molecule has 0 aliphatic carbocycles. The van der Waals surface area contributed by atoms with Gasteiger partial charge in [-0.15, -0.1) is 0 Å². The number of hydrogen-bond acceptors (Lipinski definition) is 4. The van der Waals surface area contributed by atoms with E-state index in [0.29, 0.717) is 5.69 Å². The highest BCUT2D eigenvalue weighted by Gasteiger charge is 2.10. The second kappa shape index (κ2) is 8.10. The van der Waals surface area contributed by atoms with E-state index in [1.807, 2.05) is 25.1 Å². The lowest BCUT2D eigenvalue weighted by molar-refractivity contribution is -0.126. The summed E-state index contributed by atoms with van der Waals surface area (Å²) in [5.74, 6) is -0.665. The average Bonchev–Trinajstić information content (AvgIpc) is 2.54. The van der Waals surface area contributed by atoms with Gasteiger partial charge < -0.3 is 10.4 Å². The summed E-state index contributed by atoms with van der Waals surface area (Å²) in [4.78, 5) is 23.7. The van der Waals surface area contributed by atoms with Crippen molar-refractivity contribution in [1.29, 1.82) is 0 Å². The summed E-state index contributed by atoms with van der Waals surface area (Å²) in [6.07, 6.45) is 1.15. The topological polar surface area (TPSA) is 90.8 Å². The second-order valence-corrected chi connectivity index (χ2v) is 5.84. The average molecular weight is 339 g/mol. The first-order valence-corrected chi connectivity index (χ1v) is 7.84. The molecule has 3 N–H and O–H groups in total. The number of aromatic hydroxyl groups is 1. The molecule has 0 bridgehead atoms. The van der Waals surface area contributed by atoms with Gasteiger partial charge in [0.25, 0.3) is 0 Å². The molecule has 2 amide bonds. The number of rotatable bonds is 5. The Balaban J connectivity index is 1.88. The number of phenolic OH excluding ortho intramolecular Hbond substituents is 1. The Morgan fingerprint density at radius 1 is 1.04 bits per heavy atom. The van der Waals surface area contributed by atoms with Crippen LogP contribution >= 0.6 is 0 Å². The van der Waals surface area contributed by atoms with E-state index in [0.717, 1.165) is 22.3 Å². The van der Waals surface area contributed by atoms with Crippen molar-refractivity contribution < 1.29 is 14.7 Å². The van der Waals surface area contributed by atoms with E-state index in [2.05, 4.69) is 15.8 Å². The molecule has 0 aromatic heterocycles. The molecule has 25 heavy (non-hydrogen) atoms. The van der Waals surface area contributed by atoms with Crippen LogP contribution < -0.4 is 10.7 Å². The van der Waals surface area contributed by atoms with E-state index in [1.54, 1.807) is 32.0 Å². The van der Waals surface area contributed by atoms with Crippen molar-refractivity contribution in [3.63, 3.8) is 0 Å². The quantitative estimate of drug-likeness (QED) is 0.444. The fraction of sp³-hybridized carbons (Fsp3) is 0.211. The number of carbonyl (C=O) groups excluding carboxylic acids is 2. The summed E-state index contributed by atoms with van der Waals surface area (Å²) in [5.41, 5.74) is 6.13. The lowest BCUT2D eigenvalue weighted by Crippen LogP contribution is -2.24. The van der Waals surface area contributed by atoms with Crippen LogP contribution in [0.15, 0.2) is 41.5 Å². The van der Waals surface area contributed by atoms with Crippen LogP contribution in [0.5, 0.6) is 5.75 Å². The standard InChI is InChI=1S/C19H21N3O3/c1-12-6-4-5-7-16(12)21-17(23)10-18(24)22-20-11-15-8-13(2)19(25)14(3)9-15/h4-9,11,25H,10H2,1-3H3,(H,21,23)(H,22,24). The Kier molecular flexibility index (Phi) is 5.89. The number of carbonyl (C=O) groups is 2. The Labute approximate surface area is 146 Å². The Hall–Kier alpha value is -3.15. The first kappa shape index (κ1) is 18.2. The molecule has 0 saturated carbocycles. The van der Waals surface area contributed by atoms with Crippen molar-refractivity contribution >= 4 is 23.7 Å². The van der Waals surface area contributed by atoms with Crippen LogP contribution in [0.3, 0.4) is 0 Å². The molecule has 0 aliphatic heterocycles. The number of nitrogens with zero attached hydrogens (tertiary/aromatic N) is 1. The van der Waals surface area contributed by atoms with Gasteiger partial charge in [-0.05, 0) is 61.2 Å². The SMILES string of the molecule is Cc1ccccc1NC(=O)CC(=O)NN=Cc1cc(C)c(O)c(C)c1. The lowest BCUT2D eigenvalue weighted by Gasteiger charge is -2.07. The van der Waals surface area contributed by atoms with Crippen LogP contribution in [0.2, 0.25) is 0 Å². The van der Waals surface area contributed by atoms with Crippen LogP contribution in [0.1, 0.15) is 28.7 Å². The molecule has 0 radical (unpaired) electrons. The number of benzene rings is 2. The molecule has 2 aromatic carbocycles. The largest absolute Gasteiger partial charge is 0.507 e. The molecule has 6 nitrogen and oxygen atoms in total. The van der Waals surface area contributed by atoms with E-state index in [-0.39, 0.29) is 12.2 Å². The first-order chi connectivity index (χ1) is 11.9. The van der Waals surface area contributed by atoms with Gasteiger partial charge in [-0.2, -0.15) is 5.10 Å². The van der Waals surface area contributed by atoms with E-state index in [1.165, 1.54) is 6.21 Å². The molecule has 0 heterocycles. The van der Waals surface area contributed by atoms with Gasteiger partial charge in [0.2, 0.25) is 11.8 Å². The van der Waals surface area contributed by atoms with Crippen molar-refractivity contribution in [3.05, 3.63) is 58.7 Å². The van der Waals surface area contributed by atoms with Gasteiger partial charge in [-0.25, -0.2) is 5.43 Å². The van der Waals surface area contributed by atoms with Gasteiger partial charge in [0.1, 0.15) is 12.2 Å². The summed E-state index contributed by atoms with van der Waals surface area (Å²) in [7, 11) is 0. The van der Waals surface area contributed by atoms with Gasteiger partial charge in [-0.3, -0.25) is 9.59 Å². The maximum absolute atomic E-state index is 11.9. The van der Waals surface area contributed by atoms with Crippen molar-refractivity contribution in [2.75, 3.05) is 5.32 Å². The molecule has 0 spiro atoms. The van der Waals surface area contributed by atoms with Gasteiger partial charge in [0, 0.05) is 5.69 Å². The van der Waals surface area contributed by atoms with Crippen molar-refractivity contribution in [2.45, 2.75) is 27.2 Å². The van der Waals surface area contributed by atoms with Gasteiger partial charge in [0.05, 0.1) is 6.21 Å². The number of aryl methyl sites for hydroxylation is 3. The molecule has 130 valence electrons. The highest BCUT2D eigenvalue weighted by molar-refractivity contribution is 6.04. The smallest absolute Gasteiger partial charge is 0.249 e. The molecule has 6 heteroatoms. The summed E-state index contributed by atoms with van der Waals surface area (Å²) in [6, 6.07) is 10.8. The fourth-order valence-electron chi connectivity index (χ4n) is 2.34. The Bertz CT molecular complexity index is 805. The number of amides is 2. The molecule has 2 aromatic rings. The first-order valence-electron chi connectivity index (χ1n) is 7.84. The summed E-state index contributed by atoms with van der Waals surface area (Å²) < 4.78 is 0. The fourth-order valence-corrected chi connectivity index (χ4v) is 2.34. The highest BCUT2D eigenvalue weighted by Crippen LogP contribution is 2.22. The van der Waals surface area contributed by atoms with Crippen LogP contribution in [0.4, 0.5) is 5.69 Å². The molecule has 0 aliphatic rings. The predicted molar refractivity (Wildman–Crippen MR) is 97.7 cm³/mol. The second-order valence-electron chi connectivity index (χ2n) is 5.84. The minimum Gasteiger partial charge on any atom is -0.507 e. The lowest BCUT2D eigenvalue weighted by atomic mass is 10.1. The maximum Gasteiger partial charge on any atom is 0.249 e. The minimum absolute atomic E-state index is 0.245. The molecule has 0 saturated heterocycles. The third-order valence-electron chi connectivity index (χ3n) is 3.66. The van der Waals surface area contributed by atoms with Gasteiger partial charge >= 0.3 is 0 Å². The normalized spacial score (nSPS) is 10.7. The van der Waals surface area contributed by atoms with Crippen LogP contribution in [-0.4, -0.2) is 23.1 Å². The molecule has 0 atom stereocenters. The predicted octanol–water partition coefficient (Wildman–Crippen LogP) is 2.80. The number of nitrogens with one attached hydrogen (secondary N) is 2. The van der Waals surface area contributed by atoms with Crippen molar-refractivity contribution in [3.8, 4) is 5.75 Å². The van der Waals surface area contributed by atoms with Gasteiger partial charge in [-0.1, -0.05) is 18.2 Å². The number of hydrazone groups is 1. The molecular formula is C19H21N3O3. The third kappa shape index (κ3) is 5.17. The molecule has 0 fully saturated rings. The molecular weight excluding hydrogens is 318 g/mol. The highest BCUT2D eigenvalue weighted by atomic mass is 16.3. The monoisotopic (exact) mass is 339 g/mol. The van der Waals surface area contributed by atoms with E-state index < -0.39 is 11.8 Å². The summed E-state index contributed by atoms with van der Waals surface area (Å²) >= 11 is 0. The maximum atomic E-state index is 11.9. The molecule has 2 rings (SSSR count). The number of hydrogen-bond donors (Lipinski definition) is 3. The number of anilines is 1. The summed E-state index contributed by atoms with van der Waals surface area (Å²) in [5, 5.41) is 16.3. The third-order valence-corrected chi connectivity index (χ3v) is 3.66. The minimum atomic E-state index is -0.505.